The molecule has 2 fully saturated rings. The summed E-state index contributed by atoms with van der Waals surface area (Å²) < 4.78 is 11.7. The Bertz CT molecular complexity index is 1260. The first-order chi connectivity index (χ1) is 17.8. The van der Waals surface area contributed by atoms with Crippen LogP contribution in [0.3, 0.4) is 0 Å². The van der Waals surface area contributed by atoms with Crippen LogP contribution in [-0.2, 0) is 14.4 Å². The molecule has 206 valence electrons. The molecule has 10 nitrogen and oxygen atoms in total. The summed E-state index contributed by atoms with van der Waals surface area (Å²) in [5.41, 5.74) is 4.94. The number of fused-ring (bicyclic) bond motifs is 1. The fraction of sp³-hybridized carbons (Fsp3) is 0.556. The number of nitrogens with zero attached hydrogens (tertiary/aromatic N) is 2. The maximum absolute atomic E-state index is 13.5. The summed E-state index contributed by atoms with van der Waals surface area (Å²) in [4.78, 5) is 44.8. The number of rotatable bonds is 8. The molecule has 2 aromatic rings. The van der Waals surface area contributed by atoms with Gasteiger partial charge in [-0.1, -0.05) is 51.8 Å². The highest BCUT2D eigenvalue weighted by Gasteiger charge is 2.61. The van der Waals surface area contributed by atoms with Crippen molar-refractivity contribution in [1.29, 1.82) is 0 Å². The summed E-state index contributed by atoms with van der Waals surface area (Å²) in [7, 11) is 1.48. The first kappa shape index (κ1) is 27.9. The Hall–Kier alpha value is -3.11. The average molecular weight is 547 g/mol. The minimum atomic E-state index is -1.31. The van der Waals surface area contributed by atoms with Gasteiger partial charge < -0.3 is 30.5 Å². The van der Waals surface area contributed by atoms with E-state index < -0.39 is 46.9 Å². The van der Waals surface area contributed by atoms with Crippen LogP contribution in [0.4, 0.5) is 0 Å². The number of hydrogen-bond acceptors (Lipinski definition) is 7. The van der Waals surface area contributed by atoms with Gasteiger partial charge in [-0.2, -0.15) is 0 Å². The Morgan fingerprint density at radius 3 is 2.63 bits per heavy atom. The lowest BCUT2D eigenvalue weighted by molar-refractivity contribution is -0.146. The van der Waals surface area contributed by atoms with E-state index in [2.05, 4.69) is 10.3 Å². The number of nitrogens with one attached hydrogen (secondary N) is 1. The van der Waals surface area contributed by atoms with Gasteiger partial charge in [0, 0.05) is 17.9 Å². The van der Waals surface area contributed by atoms with Crippen LogP contribution in [0.2, 0.25) is 5.02 Å². The zero-order chi connectivity index (χ0) is 28.0. The standard InChI is InChI=1S/C27H35ClN4O6/c1-6-14-12-27(14,25(35)36)31-23(33)18-10-15(13-32(18)24(34)22(29)26(2,3)4)38-19-11-20(37-5)30-21-16(19)8-7-9-17(21)28/h7-9,11,14-15,18,22H,6,10,12-13,29H2,1-5H3,(H,31,33)(H,35,36)/t14-,15-,18+,22-,27-/m1/s1. The van der Waals surface area contributed by atoms with E-state index in [0.29, 0.717) is 40.4 Å². The largest absolute Gasteiger partial charge is 0.488 e. The Kier molecular flexibility index (Phi) is 7.51. The number of halogens is 1. The highest BCUT2D eigenvalue weighted by molar-refractivity contribution is 6.35. The lowest BCUT2D eigenvalue weighted by Crippen LogP contribution is -2.57. The molecule has 1 aliphatic heterocycles. The number of carbonyl (C=O) groups excluding carboxylic acids is 2. The Balaban J connectivity index is 1.64. The summed E-state index contributed by atoms with van der Waals surface area (Å²) in [6, 6.07) is 5.14. The number of para-hydroxylation sites is 1. The number of likely N-dealkylation sites (tertiary alicyclic amines) is 1. The number of pyridine rings is 1. The second-order valence-corrected chi connectivity index (χ2v) is 11.6. The number of aromatic nitrogens is 1. The molecule has 1 aromatic carbocycles. The number of carboxylic acids is 1. The van der Waals surface area contributed by atoms with Crippen molar-refractivity contribution in [3.05, 3.63) is 29.3 Å². The van der Waals surface area contributed by atoms with Gasteiger partial charge in [0.05, 0.1) is 30.2 Å². The van der Waals surface area contributed by atoms with Crippen molar-refractivity contribution in [2.45, 2.75) is 70.7 Å². The molecule has 0 spiro atoms. The molecular weight excluding hydrogens is 512 g/mol. The molecule has 1 saturated carbocycles. The molecule has 4 rings (SSSR count). The molecule has 2 aliphatic rings. The maximum Gasteiger partial charge on any atom is 0.329 e. The quantitative estimate of drug-likeness (QED) is 0.458. The van der Waals surface area contributed by atoms with Crippen molar-refractivity contribution in [3.63, 3.8) is 0 Å². The van der Waals surface area contributed by atoms with Crippen LogP contribution in [0.5, 0.6) is 11.6 Å². The van der Waals surface area contributed by atoms with E-state index in [0.717, 1.165) is 0 Å². The number of benzene rings is 1. The predicted molar refractivity (Wildman–Crippen MR) is 142 cm³/mol. The van der Waals surface area contributed by atoms with E-state index in [1.807, 2.05) is 33.8 Å². The van der Waals surface area contributed by atoms with Gasteiger partial charge in [0.2, 0.25) is 17.7 Å². The minimum Gasteiger partial charge on any atom is -0.488 e. The number of carboxylic acid groups (broad SMARTS) is 1. The van der Waals surface area contributed by atoms with Crippen molar-refractivity contribution in [2.75, 3.05) is 13.7 Å². The van der Waals surface area contributed by atoms with Crippen LogP contribution in [0.15, 0.2) is 24.3 Å². The topological polar surface area (TPSA) is 144 Å². The van der Waals surface area contributed by atoms with E-state index in [9.17, 15) is 19.5 Å². The number of hydrogen-bond donors (Lipinski definition) is 3. The second-order valence-electron chi connectivity index (χ2n) is 11.2. The number of ether oxygens (including phenoxy) is 2. The fourth-order valence-electron chi connectivity index (χ4n) is 5.06. The molecule has 38 heavy (non-hydrogen) atoms. The third-order valence-electron chi connectivity index (χ3n) is 7.60. The molecule has 5 atom stereocenters. The number of carbonyl (C=O) groups is 3. The van der Waals surface area contributed by atoms with E-state index in [-0.39, 0.29) is 18.9 Å². The Morgan fingerprint density at radius 1 is 1.34 bits per heavy atom. The molecule has 2 amide bonds. The van der Waals surface area contributed by atoms with Gasteiger partial charge in [0.15, 0.2) is 0 Å². The van der Waals surface area contributed by atoms with Gasteiger partial charge in [-0.05, 0) is 29.9 Å². The molecule has 1 saturated heterocycles. The Labute approximate surface area is 226 Å². The zero-order valence-corrected chi connectivity index (χ0v) is 23.0. The molecule has 1 aliphatic carbocycles. The minimum absolute atomic E-state index is 0.102. The first-order valence-corrected chi connectivity index (χ1v) is 13.1. The van der Waals surface area contributed by atoms with Crippen molar-refractivity contribution in [2.24, 2.45) is 17.1 Å². The van der Waals surface area contributed by atoms with E-state index in [1.165, 1.54) is 12.0 Å². The smallest absolute Gasteiger partial charge is 0.329 e. The van der Waals surface area contributed by atoms with E-state index in [4.69, 9.17) is 26.8 Å². The molecule has 0 unspecified atom stereocenters. The lowest BCUT2D eigenvalue weighted by Gasteiger charge is -2.32. The van der Waals surface area contributed by atoms with Crippen LogP contribution in [-0.4, -0.2) is 70.2 Å². The summed E-state index contributed by atoms with van der Waals surface area (Å²) in [5.74, 6) is -1.39. The van der Waals surface area contributed by atoms with Gasteiger partial charge in [-0.15, -0.1) is 0 Å². The molecule has 2 heterocycles. The van der Waals surface area contributed by atoms with Gasteiger partial charge in [0.25, 0.3) is 0 Å². The van der Waals surface area contributed by atoms with Crippen molar-refractivity contribution < 1.29 is 29.0 Å². The molecule has 0 bridgehead atoms. The maximum atomic E-state index is 13.5. The van der Waals surface area contributed by atoms with Crippen molar-refractivity contribution in [3.8, 4) is 11.6 Å². The molecule has 0 radical (unpaired) electrons. The number of aliphatic carboxylic acids is 1. The number of methoxy groups -OCH3 is 1. The van der Waals surface area contributed by atoms with Crippen LogP contribution in [0.1, 0.15) is 47.0 Å². The summed E-state index contributed by atoms with van der Waals surface area (Å²) >= 11 is 6.36. The van der Waals surface area contributed by atoms with Crippen LogP contribution >= 0.6 is 11.6 Å². The molecular formula is C27H35ClN4O6. The molecule has 1 aromatic heterocycles. The van der Waals surface area contributed by atoms with Gasteiger partial charge in [-0.3, -0.25) is 9.59 Å². The predicted octanol–water partition coefficient (Wildman–Crippen LogP) is 2.99. The van der Waals surface area contributed by atoms with Crippen LogP contribution in [0, 0.1) is 11.3 Å². The second kappa shape index (κ2) is 10.2. The van der Waals surface area contributed by atoms with E-state index >= 15 is 0 Å². The first-order valence-electron chi connectivity index (χ1n) is 12.7. The van der Waals surface area contributed by atoms with Gasteiger partial charge in [0.1, 0.15) is 23.4 Å². The SMILES string of the molecule is CC[C@@H]1C[C@]1(NC(=O)[C@@H]1C[C@@H](Oc2cc(OC)nc3c(Cl)cccc23)CN1C(=O)[C@@H](N)C(C)(C)C)C(=O)O. The monoisotopic (exact) mass is 546 g/mol. The van der Waals surface area contributed by atoms with Gasteiger partial charge >= 0.3 is 5.97 Å². The normalized spacial score (nSPS) is 25.7. The highest BCUT2D eigenvalue weighted by atomic mass is 35.5. The lowest BCUT2D eigenvalue weighted by atomic mass is 9.86. The van der Waals surface area contributed by atoms with Crippen molar-refractivity contribution >= 4 is 40.3 Å². The summed E-state index contributed by atoms with van der Waals surface area (Å²) in [6.45, 7) is 7.54. The fourth-order valence-corrected chi connectivity index (χ4v) is 5.28. The summed E-state index contributed by atoms with van der Waals surface area (Å²) in [5, 5.41) is 13.6. The average Bonchev–Trinajstić information content (AvgIpc) is 3.43. The third kappa shape index (κ3) is 5.11. The third-order valence-corrected chi connectivity index (χ3v) is 7.91. The summed E-state index contributed by atoms with van der Waals surface area (Å²) in [6.07, 6.45) is 0.572. The number of nitrogens with two attached hydrogens (primary N) is 1. The molecule has 11 heteroatoms. The van der Waals surface area contributed by atoms with Crippen LogP contribution in [0.25, 0.3) is 10.9 Å². The van der Waals surface area contributed by atoms with Crippen molar-refractivity contribution in [1.82, 2.24) is 15.2 Å². The zero-order valence-electron chi connectivity index (χ0n) is 22.3. The van der Waals surface area contributed by atoms with Gasteiger partial charge in [-0.25, -0.2) is 9.78 Å². The van der Waals surface area contributed by atoms with E-state index in [1.54, 1.807) is 18.2 Å². The Morgan fingerprint density at radius 2 is 2.05 bits per heavy atom. The molecule has 4 N–H and O–H groups in total. The highest BCUT2D eigenvalue weighted by Crippen LogP contribution is 2.46. The number of amides is 2. The van der Waals surface area contributed by atoms with Crippen LogP contribution < -0.4 is 20.5 Å².